The molecule has 0 spiro atoms. The van der Waals surface area contributed by atoms with Gasteiger partial charge in [-0.2, -0.15) is 0 Å². The topological polar surface area (TPSA) is 9.23 Å². The van der Waals surface area contributed by atoms with Gasteiger partial charge >= 0.3 is 0 Å². The molecule has 0 aromatic heterocycles. The van der Waals surface area contributed by atoms with Crippen LogP contribution in [0.1, 0.15) is 206 Å². The molecular weight excluding hydrogens is 544 g/mol. The lowest BCUT2D eigenvalue weighted by molar-refractivity contribution is 0.168. The Bertz CT molecular complexity index is 726. The molecule has 4 aliphatic rings. The number of rotatable bonds is 22. The summed E-state index contributed by atoms with van der Waals surface area (Å²) in [6.07, 6.45) is 48.9. The normalized spacial score (nSPS) is 29.4. The first-order valence-electron chi connectivity index (χ1n) is 21.1. The second kappa shape index (κ2) is 22.9. The number of allylic oxidation sites excluding steroid dienone is 2. The first-order chi connectivity index (χ1) is 22.2. The van der Waals surface area contributed by atoms with Crippen molar-refractivity contribution in [2.45, 2.75) is 206 Å². The molecule has 0 amide bonds. The van der Waals surface area contributed by atoms with Crippen LogP contribution in [0.5, 0.6) is 0 Å². The SMILES string of the molecule is CCCCCCCC1CCC(CCC2CC=C(COCC3=CCC(CCC4CCC(CCCCCCC)CC4)CC3)CC2)CC1. The molecule has 2 atom stereocenters. The predicted molar refractivity (Wildman–Crippen MR) is 198 cm³/mol. The first-order valence-corrected chi connectivity index (χ1v) is 21.1. The van der Waals surface area contributed by atoms with Crippen molar-refractivity contribution in [2.24, 2.45) is 35.5 Å². The highest BCUT2D eigenvalue weighted by atomic mass is 16.5. The van der Waals surface area contributed by atoms with E-state index in [4.69, 9.17) is 4.74 Å². The maximum Gasteiger partial charge on any atom is 0.0681 e. The Morgan fingerprint density at radius 1 is 0.422 bits per heavy atom. The Balaban J connectivity index is 0.973. The van der Waals surface area contributed by atoms with E-state index < -0.39 is 0 Å². The molecule has 0 saturated heterocycles. The Kier molecular flexibility index (Phi) is 19.0. The summed E-state index contributed by atoms with van der Waals surface area (Å²) >= 11 is 0. The van der Waals surface area contributed by atoms with Crippen molar-refractivity contribution < 1.29 is 4.74 Å². The molecule has 2 fully saturated rings. The molecule has 0 heterocycles. The van der Waals surface area contributed by atoms with Crippen LogP contribution in [-0.4, -0.2) is 13.2 Å². The highest BCUT2D eigenvalue weighted by Crippen LogP contribution is 2.38. The minimum Gasteiger partial charge on any atom is -0.373 e. The minimum absolute atomic E-state index is 0.886. The molecule has 0 aromatic rings. The van der Waals surface area contributed by atoms with Gasteiger partial charge in [0, 0.05) is 0 Å². The second-order valence-electron chi connectivity index (χ2n) is 16.8. The summed E-state index contributed by atoms with van der Waals surface area (Å²) in [5.74, 6) is 6.07. The van der Waals surface area contributed by atoms with Crippen LogP contribution in [0.2, 0.25) is 0 Å². The fourth-order valence-corrected chi connectivity index (χ4v) is 9.62. The smallest absolute Gasteiger partial charge is 0.0681 e. The van der Waals surface area contributed by atoms with Crippen molar-refractivity contribution in [3.63, 3.8) is 0 Å². The zero-order valence-electron chi connectivity index (χ0n) is 30.7. The van der Waals surface area contributed by atoms with Crippen molar-refractivity contribution in [1.82, 2.24) is 0 Å². The second-order valence-corrected chi connectivity index (χ2v) is 16.8. The molecule has 0 aliphatic heterocycles. The van der Waals surface area contributed by atoms with E-state index in [9.17, 15) is 0 Å². The molecule has 0 bridgehead atoms. The van der Waals surface area contributed by atoms with E-state index in [1.165, 1.54) is 193 Å². The quantitative estimate of drug-likeness (QED) is 0.0862. The summed E-state index contributed by atoms with van der Waals surface area (Å²) in [4.78, 5) is 0. The highest BCUT2D eigenvalue weighted by molar-refractivity contribution is 5.09. The molecule has 1 nitrogen and oxygen atoms in total. The van der Waals surface area contributed by atoms with Gasteiger partial charge in [0.05, 0.1) is 13.2 Å². The van der Waals surface area contributed by atoms with Gasteiger partial charge in [-0.3, -0.25) is 0 Å². The Morgan fingerprint density at radius 2 is 0.778 bits per heavy atom. The summed E-state index contributed by atoms with van der Waals surface area (Å²) in [5, 5.41) is 0. The number of hydrogen-bond donors (Lipinski definition) is 0. The van der Waals surface area contributed by atoms with E-state index in [0.717, 1.165) is 48.7 Å². The maximum absolute atomic E-state index is 6.27. The molecule has 0 radical (unpaired) electrons. The molecule has 260 valence electrons. The van der Waals surface area contributed by atoms with Crippen LogP contribution >= 0.6 is 0 Å². The van der Waals surface area contributed by atoms with Crippen molar-refractivity contribution in [2.75, 3.05) is 13.2 Å². The van der Waals surface area contributed by atoms with Crippen LogP contribution in [0.3, 0.4) is 0 Å². The molecule has 2 saturated carbocycles. The van der Waals surface area contributed by atoms with Crippen molar-refractivity contribution in [1.29, 1.82) is 0 Å². The molecular formula is C44H78O. The average molecular weight is 623 g/mol. The average Bonchev–Trinajstić information content (AvgIpc) is 3.08. The van der Waals surface area contributed by atoms with E-state index in [1.54, 1.807) is 11.1 Å². The van der Waals surface area contributed by atoms with Crippen LogP contribution < -0.4 is 0 Å². The van der Waals surface area contributed by atoms with E-state index in [2.05, 4.69) is 26.0 Å². The Hall–Kier alpha value is -0.560. The van der Waals surface area contributed by atoms with Crippen LogP contribution in [0, 0.1) is 35.5 Å². The van der Waals surface area contributed by atoms with E-state index in [0.29, 0.717) is 0 Å². The molecule has 4 rings (SSSR count). The third-order valence-corrected chi connectivity index (χ3v) is 13.1. The number of hydrogen-bond acceptors (Lipinski definition) is 1. The van der Waals surface area contributed by atoms with Gasteiger partial charge in [0.15, 0.2) is 0 Å². The van der Waals surface area contributed by atoms with Crippen molar-refractivity contribution in [3.05, 3.63) is 23.3 Å². The minimum atomic E-state index is 0.886. The molecule has 4 aliphatic carbocycles. The van der Waals surface area contributed by atoms with Crippen LogP contribution in [-0.2, 0) is 4.74 Å². The standard InChI is InChI=1S/C44H78O/c1-3-5-7-9-11-13-37-15-19-39(20-16-37)23-25-41-27-31-43(32-28-41)35-45-36-44-33-29-42(30-34-44)26-24-40-21-17-38(18-22-40)14-12-10-8-6-4-2/h31,33,37-42H,3-30,32,34-36H2,1-2H3. The van der Waals surface area contributed by atoms with Crippen LogP contribution in [0.15, 0.2) is 23.3 Å². The van der Waals surface area contributed by atoms with Gasteiger partial charge in [-0.05, 0) is 98.0 Å². The van der Waals surface area contributed by atoms with Crippen molar-refractivity contribution in [3.8, 4) is 0 Å². The summed E-state index contributed by atoms with van der Waals surface area (Å²) in [6.45, 7) is 6.42. The number of unbranched alkanes of at least 4 members (excludes halogenated alkanes) is 8. The molecule has 1 heteroatoms. The molecule has 0 aromatic carbocycles. The van der Waals surface area contributed by atoms with Crippen LogP contribution in [0.4, 0.5) is 0 Å². The largest absolute Gasteiger partial charge is 0.373 e. The van der Waals surface area contributed by atoms with Gasteiger partial charge in [-0.15, -0.1) is 0 Å². The summed E-state index contributed by atoms with van der Waals surface area (Å²) in [6, 6.07) is 0. The van der Waals surface area contributed by atoms with Gasteiger partial charge < -0.3 is 4.74 Å². The summed E-state index contributed by atoms with van der Waals surface area (Å²) < 4.78 is 6.27. The predicted octanol–water partition coefficient (Wildman–Crippen LogP) is 14.4. The molecule has 2 unspecified atom stereocenters. The fraction of sp³-hybridized carbons (Fsp3) is 0.909. The van der Waals surface area contributed by atoms with Crippen molar-refractivity contribution >= 4 is 0 Å². The summed E-state index contributed by atoms with van der Waals surface area (Å²) in [5.41, 5.74) is 3.18. The summed E-state index contributed by atoms with van der Waals surface area (Å²) in [7, 11) is 0. The third kappa shape index (κ3) is 15.5. The van der Waals surface area contributed by atoms with E-state index >= 15 is 0 Å². The first kappa shape index (κ1) is 37.3. The molecule has 45 heavy (non-hydrogen) atoms. The lowest BCUT2D eigenvalue weighted by atomic mass is 9.76. The van der Waals surface area contributed by atoms with E-state index in [1.807, 2.05) is 0 Å². The van der Waals surface area contributed by atoms with E-state index in [-0.39, 0.29) is 0 Å². The van der Waals surface area contributed by atoms with Gasteiger partial charge in [0.2, 0.25) is 0 Å². The zero-order valence-corrected chi connectivity index (χ0v) is 30.7. The Labute approximate surface area is 282 Å². The van der Waals surface area contributed by atoms with Gasteiger partial charge in [-0.1, -0.05) is 167 Å². The lowest BCUT2D eigenvalue weighted by Crippen LogP contribution is -2.17. The highest BCUT2D eigenvalue weighted by Gasteiger charge is 2.24. The maximum atomic E-state index is 6.27. The van der Waals surface area contributed by atoms with Gasteiger partial charge in [0.1, 0.15) is 0 Å². The lowest BCUT2D eigenvalue weighted by Gasteiger charge is -2.30. The zero-order chi connectivity index (χ0) is 31.4. The Morgan fingerprint density at radius 3 is 1.13 bits per heavy atom. The fourth-order valence-electron chi connectivity index (χ4n) is 9.62. The van der Waals surface area contributed by atoms with Gasteiger partial charge in [-0.25, -0.2) is 0 Å². The third-order valence-electron chi connectivity index (χ3n) is 13.1. The van der Waals surface area contributed by atoms with Gasteiger partial charge in [0.25, 0.3) is 0 Å². The van der Waals surface area contributed by atoms with Crippen LogP contribution in [0.25, 0.3) is 0 Å². The monoisotopic (exact) mass is 623 g/mol. The molecule has 0 N–H and O–H groups in total. The number of ether oxygens (including phenoxy) is 1.